The van der Waals surface area contributed by atoms with E-state index in [1.165, 1.54) is 22.9 Å². The van der Waals surface area contributed by atoms with Gasteiger partial charge in [-0.2, -0.15) is 13.2 Å². The minimum atomic E-state index is -4.44. The third kappa shape index (κ3) is 4.30. The van der Waals surface area contributed by atoms with Crippen LogP contribution in [0.3, 0.4) is 0 Å². The van der Waals surface area contributed by atoms with Crippen LogP contribution in [0.15, 0.2) is 47.5 Å². The van der Waals surface area contributed by atoms with Gasteiger partial charge in [-0.1, -0.05) is 12.1 Å². The van der Waals surface area contributed by atoms with Crippen LogP contribution in [-0.2, 0) is 23.1 Å². The highest BCUT2D eigenvalue weighted by Crippen LogP contribution is 2.34. The van der Waals surface area contributed by atoms with Gasteiger partial charge in [-0.3, -0.25) is 4.79 Å². The molecule has 1 N–H and O–H groups in total. The first-order valence-corrected chi connectivity index (χ1v) is 11.5. The summed E-state index contributed by atoms with van der Waals surface area (Å²) in [6.07, 6.45) is -0.212. The molecule has 0 radical (unpaired) electrons. The average molecular weight is 451 g/mol. The number of pyridine rings is 2. The molecule has 0 bridgehead atoms. The molecule has 2 aromatic heterocycles. The third-order valence-corrected chi connectivity index (χ3v) is 7.27. The summed E-state index contributed by atoms with van der Waals surface area (Å²) < 4.78 is 64.0. The van der Waals surface area contributed by atoms with E-state index < -0.39 is 21.6 Å². The smallest absolute Gasteiger partial charge is 0.366 e. The monoisotopic (exact) mass is 451 g/mol. The molecule has 3 aromatic rings. The Kier molecular flexibility index (Phi) is 5.28. The number of nitrogens with zero attached hydrogens (tertiary/aromatic N) is 2. The summed E-state index contributed by atoms with van der Waals surface area (Å²) in [4.78, 5) is 17.3. The maximum absolute atomic E-state index is 12.9. The molecule has 6 nitrogen and oxygen atoms in total. The van der Waals surface area contributed by atoms with Crippen LogP contribution in [0.4, 0.5) is 19.0 Å². The van der Waals surface area contributed by atoms with Gasteiger partial charge in [0.1, 0.15) is 5.82 Å². The Labute approximate surface area is 176 Å². The van der Waals surface area contributed by atoms with Gasteiger partial charge >= 0.3 is 6.18 Å². The molecule has 1 atom stereocenters. The van der Waals surface area contributed by atoms with Gasteiger partial charge in [0.15, 0.2) is 9.84 Å². The van der Waals surface area contributed by atoms with Crippen LogP contribution in [0.2, 0.25) is 0 Å². The van der Waals surface area contributed by atoms with Crippen molar-refractivity contribution < 1.29 is 21.6 Å². The molecule has 1 aliphatic heterocycles. The molecule has 1 aromatic carbocycles. The van der Waals surface area contributed by atoms with Gasteiger partial charge in [0, 0.05) is 36.4 Å². The lowest BCUT2D eigenvalue weighted by molar-refractivity contribution is -0.137. The highest BCUT2D eigenvalue weighted by Gasteiger charge is 2.30. The van der Waals surface area contributed by atoms with Gasteiger partial charge in [-0.05, 0) is 36.6 Å². The van der Waals surface area contributed by atoms with Crippen LogP contribution < -0.4 is 10.9 Å². The van der Waals surface area contributed by atoms with Gasteiger partial charge in [0.2, 0.25) is 0 Å². The molecule has 31 heavy (non-hydrogen) atoms. The molecule has 1 fully saturated rings. The van der Waals surface area contributed by atoms with Crippen molar-refractivity contribution in [1.82, 2.24) is 9.55 Å². The van der Waals surface area contributed by atoms with E-state index in [1.807, 2.05) is 0 Å². The summed E-state index contributed by atoms with van der Waals surface area (Å²) in [5.41, 5.74) is -0.0880. The number of anilines is 1. The minimum absolute atomic E-state index is 0.0377. The fraction of sp³-hybridized carbons (Fsp3) is 0.333. The quantitative estimate of drug-likeness (QED) is 0.658. The van der Waals surface area contributed by atoms with Gasteiger partial charge in [0.05, 0.1) is 22.5 Å². The number of benzene rings is 1. The Morgan fingerprint density at radius 2 is 1.87 bits per heavy atom. The van der Waals surface area contributed by atoms with Crippen molar-refractivity contribution in [1.29, 1.82) is 0 Å². The van der Waals surface area contributed by atoms with Crippen LogP contribution in [0.1, 0.15) is 18.4 Å². The molecule has 1 unspecified atom stereocenters. The number of hydrogen-bond donors (Lipinski definition) is 1. The van der Waals surface area contributed by atoms with E-state index in [9.17, 15) is 26.4 Å². The fourth-order valence-electron chi connectivity index (χ4n) is 3.85. The minimum Gasteiger partial charge on any atom is -0.366 e. The zero-order valence-electron chi connectivity index (χ0n) is 16.6. The lowest BCUT2D eigenvalue weighted by Crippen LogP contribution is -2.35. The summed E-state index contributed by atoms with van der Waals surface area (Å²) in [5, 5.41) is 3.90. The third-order valence-electron chi connectivity index (χ3n) is 5.45. The number of sulfone groups is 1. The molecule has 0 saturated carbocycles. The second kappa shape index (κ2) is 7.67. The Bertz CT molecular complexity index is 1300. The first kappa shape index (κ1) is 21.4. The molecule has 0 spiro atoms. The number of fused-ring (bicyclic) bond motifs is 1. The Morgan fingerprint density at radius 1 is 1.16 bits per heavy atom. The van der Waals surface area contributed by atoms with Crippen molar-refractivity contribution in [3.05, 3.63) is 58.6 Å². The van der Waals surface area contributed by atoms with E-state index >= 15 is 0 Å². The molecule has 0 amide bonds. The van der Waals surface area contributed by atoms with Crippen molar-refractivity contribution >= 4 is 26.4 Å². The van der Waals surface area contributed by atoms with Gasteiger partial charge < -0.3 is 9.88 Å². The lowest BCUT2D eigenvalue weighted by Gasteiger charge is -2.24. The van der Waals surface area contributed by atoms with Crippen LogP contribution in [-0.4, -0.2) is 35.5 Å². The van der Waals surface area contributed by atoms with Crippen LogP contribution in [0.5, 0.6) is 0 Å². The number of nitrogens with one attached hydrogen (secondary N) is 1. The SMILES string of the molecule is Cn1ccc2c(-c3ccc(C(F)(F)F)cc3)cnc(NC3CCCS(=O)(=O)C3)c2c1=O. The highest BCUT2D eigenvalue weighted by atomic mass is 32.2. The standard InChI is InChI=1S/C21H20F3N3O3S/c1-27-9-8-16-17(13-4-6-14(7-5-13)21(22,23)24)11-25-19(18(16)20(27)28)26-15-3-2-10-31(29,30)12-15/h4-9,11,15H,2-3,10,12H2,1H3,(H,25,26). The predicted molar refractivity (Wildman–Crippen MR) is 113 cm³/mol. The Morgan fingerprint density at radius 3 is 2.52 bits per heavy atom. The number of alkyl halides is 3. The van der Waals surface area contributed by atoms with Crippen LogP contribution in [0.25, 0.3) is 21.9 Å². The first-order chi connectivity index (χ1) is 14.5. The zero-order chi connectivity index (χ0) is 22.4. The molecule has 3 heterocycles. The first-order valence-electron chi connectivity index (χ1n) is 9.68. The Hall–Kier alpha value is -2.88. The molecule has 0 aliphatic carbocycles. The van der Waals surface area contributed by atoms with Crippen molar-refractivity contribution in [2.45, 2.75) is 25.1 Å². The molecular formula is C21H20F3N3O3S. The van der Waals surface area contributed by atoms with Crippen molar-refractivity contribution in [3.63, 3.8) is 0 Å². The topological polar surface area (TPSA) is 81.1 Å². The van der Waals surface area contributed by atoms with Crippen molar-refractivity contribution in [2.75, 3.05) is 16.8 Å². The maximum Gasteiger partial charge on any atom is 0.416 e. The van der Waals surface area contributed by atoms with E-state index in [-0.39, 0.29) is 34.3 Å². The molecule has 1 saturated heterocycles. The molecular weight excluding hydrogens is 431 g/mol. The van der Waals surface area contributed by atoms with E-state index in [2.05, 4.69) is 10.3 Å². The number of aromatic nitrogens is 2. The number of aryl methyl sites for hydroxylation is 1. The number of hydrogen-bond acceptors (Lipinski definition) is 5. The molecule has 10 heteroatoms. The van der Waals surface area contributed by atoms with Gasteiger partial charge in [-0.25, -0.2) is 13.4 Å². The zero-order valence-corrected chi connectivity index (χ0v) is 17.4. The maximum atomic E-state index is 12.9. The van der Waals surface area contributed by atoms with E-state index in [1.54, 1.807) is 19.3 Å². The highest BCUT2D eigenvalue weighted by molar-refractivity contribution is 7.91. The summed E-state index contributed by atoms with van der Waals surface area (Å²) in [6.45, 7) is 0. The summed E-state index contributed by atoms with van der Waals surface area (Å²) >= 11 is 0. The molecule has 1 aliphatic rings. The second-order valence-electron chi connectivity index (χ2n) is 7.71. The predicted octanol–water partition coefficient (Wildman–Crippen LogP) is 3.61. The van der Waals surface area contributed by atoms with E-state index in [4.69, 9.17) is 0 Å². The largest absolute Gasteiger partial charge is 0.416 e. The lowest BCUT2D eigenvalue weighted by atomic mass is 10.00. The van der Waals surface area contributed by atoms with Gasteiger partial charge in [0.25, 0.3) is 5.56 Å². The molecule has 4 rings (SSSR count). The number of rotatable bonds is 3. The van der Waals surface area contributed by atoms with Crippen LogP contribution >= 0.6 is 0 Å². The Balaban J connectivity index is 1.81. The average Bonchev–Trinajstić information content (AvgIpc) is 2.69. The van der Waals surface area contributed by atoms with Crippen molar-refractivity contribution in [2.24, 2.45) is 7.05 Å². The number of halogens is 3. The molecule has 164 valence electrons. The van der Waals surface area contributed by atoms with Crippen molar-refractivity contribution in [3.8, 4) is 11.1 Å². The van der Waals surface area contributed by atoms with Gasteiger partial charge in [-0.15, -0.1) is 0 Å². The summed E-state index contributed by atoms with van der Waals surface area (Å²) in [7, 11) is -1.57. The second-order valence-corrected chi connectivity index (χ2v) is 9.94. The summed E-state index contributed by atoms with van der Waals surface area (Å²) in [5.74, 6) is 0.381. The summed E-state index contributed by atoms with van der Waals surface area (Å²) in [6, 6.07) is 6.00. The van der Waals surface area contributed by atoms with E-state index in [0.29, 0.717) is 29.4 Å². The normalized spacial score (nSPS) is 18.8. The fourth-order valence-corrected chi connectivity index (χ4v) is 5.49. The van der Waals surface area contributed by atoms with E-state index in [0.717, 1.165) is 12.1 Å². The van der Waals surface area contributed by atoms with Crippen LogP contribution in [0, 0.1) is 0 Å².